The van der Waals surface area contributed by atoms with E-state index in [2.05, 4.69) is 6.92 Å². The van der Waals surface area contributed by atoms with Gasteiger partial charge >= 0.3 is 0 Å². The van der Waals surface area contributed by atoms with Gasteiger partial charge in [0.1, 0.15) is 0 Å². The summed E-state index contributed by atoms with van der Waals surface area (Å²) in [5, 5.41) is 0. The average Bonchev–Trinajstić information content (AvgIpc) is 1.89. The Labute approximate surface area is 101 Å². The van der Waals surface area contributed by atoms with Gasteiger partial charge < -0.3 is 9.47 Å². The Morgan fingerprint density at radius 2 is 1.33 bits per heavy atom. The van der Waals surface area contributed by atoms with Gasteiger partial charge in [0.2, 0.25) is 0 Å². The van der Waals surface area contributed by atoms with Crippen molar-refractivity contribution in [3.63, 3.8) is 0 Å². The number of methoxy groups -OCH3 is 1. The summed E-state index contributed by atoms with van der Waals surface area (Å²) in [7, 11) is 1.69. The topological polar surface area (TPSA) is 18.5 Å². The van der Waals surface area contributed by atoms with E-state index in [0.29, 0.717) is 6.61 Å². The molecule has 0 fully saturated rings. The first-order chi connectivity index (χ1) is 4.31. The van der Waals surface area contributed by atoms with Crippen molar-refractivity contribution < 1.29 is 9.47 Å². The van der Waals surface area contributed by atoms with E-state index in [-0.39, 0.29) is 50.7 Å². The molecule has 0 saturated heterocycles. The van der Waals surface area contributed by atoms with E-state index in [0.717, 1.165) is 13.0 Å². The van der Waals surface area contributed by atoms with Gasteiger partial charge in [-0.1, -0.05) is 51.5 Å². The molecule has 2 nitrogen and oxygen atoms in total. The largest absolute Gasteiger partial charge is 0.379 e. The first-order valence-corrected chi connectivity index (χ1v) is 3.41. The van der Waals surface area contributed by atoms with E-state index in [1.807, 2.05) is 6.92 Å². The molecule has 0 spiro atoms. The molecule has 15 heavy (non-hydrogen) atoms. The molecule has 0 aromatic rings. The highest BCUT2D eigenvalue weighted by atomic mass is 16.5. The summed E-state index contributed by atoms with van der Waals surface area (Å²) in [4.78, 5) is 0. The molecule has 0 aromatic heterocycles. The summed E-state index contributed by atoms with van der Waals surface area (Å²) in [5.41, 5.74) is 0. The quantitative estimate of drug-likeness (QED) is 0.597. The highest BCUT2D eigenvalue weighted by molar-refractivity contribution is 4.43. The van der Waals surface area contributed by atoms with Gasteiger partial charge in [-0.2, -0.15) is 0 Å². The third kappa shape index (κ3) is 41.3. The van der Waals surface area contributed by atoms with Gasteiger partial charge in [0.05, 0.1) is 12.7 Å². The molecule has 0 radical (unpaired) electrons. The van der Waals surface area contributed by atoms with Crippen LogP contribution in [0.3, 0.4) is 0 Å². The molecule has 2 heteroatoms. The Morgan fingerprint density at radius 3 is 1.60 bits per heavy atom. The zero-order valence-electron chi connectivity index (χ0n) is 6.52. The molecular weight excluding hydrogens is 188 g/mol. The lowest BCUT2D eigenvalue weighted by Crippen LogP contribution is -2.13. The standard InChI is InChI=1S/C7H16O2.6CH4/c1-4-5-9-6-7(2)8-3;;;;;;/h7H,4-6H2,1-3H3;6*1H4. The van der Waals surface area contributed by atoms with Crippen LogP contribution in [-0.2, 0) is 9.47 Å². The molecular formula is C13H40O2. The van der Waals surface area contributed by atoms with Crippen LogP contribution in [0.1, 0.15) is 64.8 Å². The summed E-state index contributed by atoms with van der Waals surface area (Å²) in [6.45, 7) is 5.64. The molecule has 0 N–H and O–H groups in total. The lowest BCUT2D eigenvalue weighted by molar-refractivity contribution is 0.0188. The summed E-state index contributed by atoms with van der Waals surface area (Å²) in [6.07, 6.45) is 1.31. The van der Waals surface area contributed by atoms with E-state index < -0.39 is 0 Å². The highest BCUT2D eigenvalue weighted by Crippen LogP contribution is 1.89. The summed E-state index contributed by atoms with van der Waals surface area (Å²) in [6, 6.07) is 0. The van der Waals surface area contributed by atoms with Crippen molar-refractivity contribution in [2.45, 2.75) is 70.9 Å². The zero-order chi connectivity index (χ0) is 7.11. The van der Waals surface area contributed by atoms with Gasteiger partial charge in [0, 0.05) is 13.7 Å². The fourth-order valence-electron chi connectivity index (χ4n) is 0.462. The molecule has 0 heterocycles. The molecule has 0 saturated carbocycles. The van der Waals surface area contributed by atoms with E-state index in [4.69, 9.17) is 9.47 Å². The predicted molar refractivity (Wildman–Crippen MR) is 78.0 cm³/mol. The average molecular weight is 228 g/mol. The van der Waals surface area contributed by atoms with Gasteiger partial charge in [0.25, 0.3) is 0 Å². The Kier molecular flexibility index (Phi) is 114. The number of ether oxygens (including phenoxy) is 2. The van der Waals surface area contributed by atoms with Crippen LogP contribution in [0.15, 0.2) is 0 Å². The van der Waals surface area contributed by atoms with E-state index in [9.17, 15) is 0 Å². The molecule has 0 aromatic carbocycles. The van der Waals surface area contributed by atoms with Crippen LogP contribution < -0.4 is 0 Å². The first-order valence-electron chi connectivity index (χ1n) is 3.41. The van der Waals surface area contributed by atoms with Gasteiger partial charge in [-0.25, -0.2) is 0 Å². The van der Waals surface area contributed by atoms with Crippen LogP contribution in [0.5, 0.6) is 0 Å². The number of hydrogen-bond acceptors (Lipinski definition) is 2. The zero-order valence-corrected chi connectivity index (χ0v) is 6.52. The Hall–Kier alpha value is -0.0800. The van der Waals surface area contributed by atoms with Crippen molar-refractivity contribution in [2.24, 2.45) is 0 Å². The molecule has 104 valence electrons. The minimum Gasteiger partial charge on any atom is -0.379 e. The van der Waals surface area contributed by atoms with Crippen molar-refractivity contribution in [3.05, 3.63) is 0 Å². The van der Waals surface area contributed by atoms with Crippen LogP contribution in [0, 0.1) is 0 Å². The minimum atomic E-state index is 0. The van der Waals surface area contributed by atoms with E-state index in [1.165, 1.54) is 0 Å². The maximum Gasteiger partial charge on any atom is 0.0776 e. The van der Waals surface area contributed by atoms with Gasteiger partial charge in [-0.3, -0.25) is 0 Å². The van der Waals surface area contributed by atoms with Crippen molar-refractivity contribution in [1.29, 1.82) is 0 Å². The molecule has 1 atom stereocenters. The Morgan fingerprint density at radius 1 is 0.933 bits per heavy atom. The summed E-state index contributed by atoms with van der Waals surface area (Å²) in [5.74, 6) is 0. The summed E-state index contributed by atoms with van der Waals surface area (Å²) >= 11 is 0. The Bertz CT molecular complexity index is 56.5. The second-order valence-electron chi connectivity index (χ2n) is 2.12. The SMILES string of the molecule is C.C.C.C.C.C.CCCOCC(C)OC. The minimum absolute atomic E-state index is 0. The molecule has 0 aliphatic heterocycles. The monoisotopic (exact) mass is 228 g/mol. The third-order valence-electron chi connectivity index (χ3n) is 1.10. The molecule has 1 unspecified atom stereocenters. The summed E-state index contributed by atoms with van der Waals surface area (Å²) < 4.78 is 10.2. The second-order valence-corrected chi connectivity index (χ2v) is 2.12. The number of hydrogen-bond donors (Lipinski definition) is 0. The van der Waals surface area contributed by atoms with Gasteiger partial charge in [-0.15, -0.1) is 0 Å². The Balaban J connectivity index is -0.0000000213. The smallest absolute Gasteiger partial charge is 0.0776 e. The van der Waals surface area contributed by atoms with Crippen molar-refractivity contribution in [2.75, 3.05) is 20.3 Å². The van der Waals surface area contributed by atoms with Crippen molar-refractivity contribution >= 4 is 0 Å². The number of rotatable bonds is 5. The van der Waals surface area contributed by atoms with Gasteiger partial charge in [-0.05, 0) is 13.3 Å². The van der Waals surface area contributed by atoms with Crippen LogP contribution in [0.4, 0.5) is 0 Å². The maximum atomic E-state index is 5.21. The van der Waals surface area contributed by atoms with E-state index in [1.54, 1.807) is 7.11 Å². The highest BCUT2D eigenvalue weighted by Gasteiger charge is 1.96. The molecule has 0 rings (SSSR count). The van der Waals surface area contributed by atoms with Crippen LogP contribution >= 0.6 is 0 Å². The second kappa shape index (κ2) is 37.0. The van der Waals surface area contributed by atoms with Crippen LogP contribution in [0.2, 0.25) is 0 Å². The van der Waals surface area contributed by atoms with E-state index >= 15 is 0 Å². The molecule has 0 bridgehead atoms. The van der Waals surface area contributed by atoms with Crippen LogP contribution in [-0.4, -0.2) is 26.4 Å². The first kappa shape index (κ1) is 46.1. The molecule has 0 aliphatic carbocycles. The lowest BCUT2D eigenvalue weighted by Gasteiger charge is -2.08. The normalized spacial score (nSPS) is 8.20. The predicted octanol–water partition coefficient (Wildman–Crippen LogP) is 5.26. The molecule has 0 amide bonds. The van der Waals surface area contributed by atoms with Crippen molar-refractivity contribution in [3.8, 4) is 0 Å². The third-order valence-corrected chi connectivity index (χ3v) is 1.10. The van der Waals surface area contributed by atoms with Crippen molar-refractivity contribution in [1.82, 2.24) is 0 Å². The van der Waals surface area contributed by atoms with Gasteiger partial charge in [0.15, 0.2) is 0 Å². The lowest BCUT2D eigenvalue weighted by atomic mass is 10.4. The van der Waals surface area contributed by atoms with Crippen LogP contribution in [0.25, 0.3) is 0 Å². The molecule has 0 aliphatic rings. The maximum absolute atomic E-state index is 5.21. The fraction of sp³-hybridized carbons (Fsp3) is 1.00. The fourth-order valence-corrected chi connectivity index (χ4v) is 0.462.